The highest BCUT2D eigenvalue weighted by atomic mass is 16.2. The van der Waals surface area contributed by atoms with Crippen molar-refractivity contribution in [1.82, 2.24) is 9.80 Å². The number of fused-ring (bicyclic) bond motifs is 1. The first-order valence-electron chi connectivity index (χ1n) is 14.0. The summed E-state index contributed by atoms with van der Waals surface area (Å²) in [5, 5.41) is 0. The van der Waals surface area contributed by atoms with E-state index in [2.05, 4.69) is 53.1 Å². The van der Waals surface area contributed by atoms with E-state index in [1.165, 1.54) is 43.2 Å². The molecule has 5 heteroatoms. The molecule has 0 spiro atoms. The molecule has 0 aromatic heterocycles. The number of amides is 2. The molecular formula is C31H43N3O2. The largest absolute Gasteiger partial charge is 0.342 e. The standard InChI is InChI=1S/C31H43N3O2/c1-25-13-7-8-14-27(25)23-31(36)32-21-17-29(18-22-32)33-19-11-5-3-4-6-12-20-34(26(2)35)30-16-10-9-15-28(30)24-33/h7-10,13-16,29H,3-6,11-12,17-24H2,1-2H3. The highest BCUT2D eigenvalue weighted by Gasteiger charge is 2.28. The zero-order chi connectivity index (χ0) is 25.3. The molecule has 0 unspecified atom stereocenters. The summed E-state index contributed by atoms with van der Waals surface area (Å²) in [4.78, 5) is 32.3. The molecular weight excluding hydrogens is 446 g/mol. The van der Waals surface area contributed by atoms with E-state index in [1.54, 1.807) is 6.92 Å². The number of likely N-dealkylation sites (tertiary alicyclic amines) is 1. The van der Waals surface area contributed by atoms with Gasteiger partial charge in [-0.25, -0.2) is 0 Å². The molecule has 0 atom stereocenters. The van der Waals surface area contributed by atoms with Crippen LogP contribution in [0.15, 0.2) is 48.5 Å². The lowest BCUT2D eigenvalue weighted by Gasteiger charge is -2.39. The Bertz CT molecular complexity index is 1010. The number of benzene rings is 2. The van der Waals surface area contributed by atoms with E-state index in [0.717, 1.165) is 63.2 Å². The average molecular weight is 490 g/mol. The van der Waals surface area contributed by atoms with Gasteiger partial charge >= 0.3 is 0 Å². The molecule has 0 radical (unpaired) electrons. The van der Waals surface area contributed by atoms with Crippen molar-refractivity contribution in [3.63, 3.8) is 0 Å². The molecule has 0 bridgehead atoms. The number of rotatable bonds is 3. The summed E-state index contributed by atoms with van der Waals surface area (Å²) < 4.78 is 0. The topological polar surface area (TPSA) is 43.9 Å². The van der Waals surface area contributed by atoms with Gasteiger partial charge in [0, 0.05) is 44.8 Å². The fraction of sp³-hybridized carbons (Fsp3) is 0.548. The Hall–Kier alpha value is -2.66. The van der Waals surface area contributed by atoms with E-state index in [0.29, 0.717) is 12.5 Å². The smallest absolute Gasteiger partial charge is 0.227 e. The number of carbonyl (C=O) groups excluding carboxylic acids is 2. The van der Waals surface area contributed by atoms with Gasteiger partial charge in [0.2, 0.25) is 11.8 Å². The number of hydrogen-bond acceptors (Lipinski definition) is 3. The maximum Gasteiger partial charge on any atom is 0.227 e. The number of hydrogen-bond donors (Lipinski definition) is 0. The summed E-state index contributed by atoms with van der Waals surface area (Å²) in [5.41, 5.74) is 4.63. The van der Waals surface area contributed by atoms with Gasteiger partial charge in [0.05, 0.1) is 6.42 Å². The molecule has 194 valence electrons. The molecule has 1 fully saturated rings. The predicted octanol–water partition coefficient (Wildman–Crippen LogP) is 5.74. The number of aryl methyl sites for hydroxylation is 1. The van der Waals surface area contributed by atoms with Crippen LogP contribution in [-0.2, 0) is 22.6 Å². The zero-order valence-electron chi connectivity index (χ0n) is 22.3. The molecule has 1 saturated heterocycles. The Morgan fingerprint density at radius 2 is 1.44 bits per heavy atom. The van der Waals surface area contributed by atoms with Crippen molar-refractivity contribution in [2.75, 3.05) is 31.1 Å². The molecule has 5 nitrogen and oxygen atoms in total. The van der Waals surface area contributed by atoms with Gasteiger partial charge in [-0.1, -0.05) is 68.1 Å². The first kappa shape index (κ1) is 26.4. The van der Waals surface area contributed by atoms with Crippen molar-refractivity contribution in [2.24, 2.45) is 0 Å². The minimum absolute atomic E-state index is 0.129. The van der Waals surface area contributed by atoms with E-state index in [-0.39, 0.29) is 11.8 Å². The minimum Gasteiger partial charge on any atom is -0.342 e. The molecule has 2 aliphatic heterocycles. The Balaban J connectivity index is 1.44. The Morgan fingerprint density at radius 3 is 2.17 bits per heavy atom. The highest BCUT2D eigenvalue weighted by Crippen LogP contribution is 2.27. The van der Waals surface area contributed by atoms with Gasteiger partial charge in [-0.05, 0) is 61.9 Å². The van der Waals surface area contributed by atoms with Crippen LogP contribution in [0.3, 0.4) is 0 Å². The fourth-order valence-electron chi connectivity index (χ4n) is 5.82. The molecule has 4 rings (SSSR count). The normalized spacial score (nSPS) is 19.1. The first-order chi connectivity index (χ1) is 17.5. The van der Waals surface area contributed by atoms with Crippen LogP contribution in [0.4, 0.5) is 5.69 Å². The van der Waals surface area contributed by atoms with Gasteiger partial charge in [-0.3, -0.25) is 14.5 Å². The van der Waals surface area contributed by atoms with Crippen LogP contribution in [0.25, 0.3) is 0 Å². The number of para-hydroxylation sites is 1. The van der Waals surface area contributed by atoms with E-state index in [9.17, 15) is 9.59 Å². The quantitative estimate of drug-likeness (QED) is 0.552. The fourth-order valence-corrected chi connectivity index (χ4v) is 5.82. The number of carbonyl (C=O) groups is 2. The summed E-state index contributed by atoms with van der Waals surface area (Å²) in [6.07, 6.45) is 9.76. The lowest BCUT2D eigenvalue weighted by molar-refractivity contribution is -0.132. The Labute approximate surface area is 217 Å². The van der Waals surface area contributed by atoms with Crippen LogP contribution in [-0.4, -0.2) is 53.8 Å². The van der Waals surface area contributed by atoms with Crippen molar-refractivity contribution < 1.29 is 9.59 Å². The molecule has 0 N–H and O–H groups in total. The summed E-state index contributed by atoms with van der Waals surface area (Å²) in [6.45, 7) is 8.17. The highest BCUT2D eigenvalue weighted by molar-refractivity contribution is 5.92. The Morgan fingerprint density at radius 1 is 0.806 bits per heavy atom. The number of anilines is 1. The molecule has 2 aromatic rings. The second kappa shape index (κ2) is 13.0. The molecule has 2 heterocycles. The van der Waals surface area contributed by atoms with Crippen molar-refractivity contribution in [2.45, 2.75) is 84.2 Å². The van der Waals surface area contributed by atoms with Crippen molar-refractivity contribution in [1.29, 1.82) is 0 Å². The summed E-state index contributed by atoms with van der Waals surface area (Å²) in [6, 6.07) is 17.1. The maximum absolute atomic E-state index is 13.0. The van der Waals surface area contributed by atoms with E-state index < -0.39 is 0 Å². The molecule has 0 saturated carbocycles. The third-order valence-corrected chi connectivity index (χ3v) is 8.05. The van der Waals surface area contributed by atoms with Gasteiger partial charge in [0.25, 0.3) is 0 Å². The molecule has 2 aromatic carbocycles. The summed E-state index contributed by atoms with van der Waals surface area (Å²) >= 11 is 0. The van der Waals surface area contributed by atoms with Crippen molar-refractivity contribution >= 4 is 17.5 Å². The van der Waals surface area contributed by atoms with Crippen molar-refractivity contribution in [3.8, 4) is 0 Å². The third-order valence-electron chi connectivity index (χ3n) is 8.05. The average Bonchev–Trinajstić information content (AvgIpc) is 2.90. The van der Waals surface area contributed by atoms with E-state index in [4.69, 9.17) is 0 Å². The third kappa shape index (κ3) is 6.97. The predicted molar refractivity (Wildman–Crippen MR) is 147 cm³/mol. The zero-order valence-corrected chi connectivity index (χ0v) is 22.3. The van der Waals surface area contributed by atoms with Gasteiger partial charge in [0.15, 0.2) is 0 Å². The first-order valence-corrected chi connectivity index (χ1v) is 14.0. The lowest BCUT2D eigenvalue weighted by Crippen LogP contribution is -2.47. The van der Waals surface area contributed by atoms with Crippen LogP contribution in [0, 0.1) is 6.92 Å². The van der Waals surface area contributed by atoms with Crippen LogP contribution >= 0.6 is 0 Å². The molecule has 2 amide bonds. The van der Waals surface area contributed by atoms with Gasteiger partial charge in [-0.15, -0.1) is 0 Å². The summed E-state index contributed by atoms with van der Waals surface area (Å²) in [7, 11) is 0. The number of piperidine rings is 1. The van der Waals surface area contributed by atoms with Crippen LogP contribution < -0.4 is 4.90 Å². The summed E-state index contributed by atoms with van der Waals surface area (Å²) in [5.74, 6) is 0.375. The lowest BCUT2D eigenvalue weighted by atomic mass is 9.99. The monoisotopic (exact) mass is 489 g/mol. The molecule has 2 aliphatic rings. The minimum atomic E-state index is 0.129. The number of nitrogens with zero attached hydrogens (tertiary/aromatic N) is 3. The second-order valence-electron chi connectivity index (χ2n) is 10.6. The van der Waals surface area contributed by atoms with Crippen LogP contribution in [0.2, 0.25) is 0 Å². The van der Waals surface area contributed by atoms with Gasteiger partial charge < -0.3 is 9.80 Å². The van der Waals surface area contributed by atoms with E-state index in [1.807, 2.05) is 17.0 Å². The van der Waals surface area contributed by atoms with Crippen LogP contribution in [0.1, 0.15) is 75.0 Å². The second-order valence-corrected chi connectivity index (χ2v) is 10.6. The SMILES string of the molecule is CC(=O)N1CCCCCCCCN(C2CCN(C(=O)Cc3ccccc3C)CC2)Cc2ccccc21. The molecule has 0 aliphatic carbocycles. The Kier molecular flexibility index (Phi) is 9.57. The molecule has 36 heavy (non-hydrogen) atoms. The maximum atomic E-state index is 13.0. The van der Waals surface area contributed by atoms with E-state index >= 15 is 0 Å². The van der Waals surface area contributed by atoms with Crippen molar-refractivity contribution in [3.05, 3.63) is 65.2 Å². The van der Waals surface area contributed by atoms with Gasteiger partial charge in [-0.2, -0.15) is 0 Å². The van der Waals surface area contributed by atoms with Gasteiger partial charge in [0.1, 0.15) is 0 Å². The van der Waals surface area contributed by atoms with Crippen LogP contribution in [0.5, 0.6) is 0 Å².